The molecule has 5 nitrogen and oxygen atoms in total. The molecule has 0 bridgehead atoms. The molecule has 1 atom stereocenters. The number of hydrogen-bond acceptors (Lipinski definition) is 4. The maximum absolute atomic E-state index is 4.15. The Morgan fingerprint density at radius 2 is 1.90 bits per heavy atom. The summed E-state index contributed by atoms with van der Waals surface area (Å²) in [7, 11) is 0. The minimum absolute atomic E-state index is 0.139. The first-order valence-electron chi connectivity index (χ1n) is 7.03. The molecule has 0 aliphatic carbocycles. The average molecular weight is 273 g/mol. The summed E-state index contributed by atoms with van der Waals surface area (Å²) in [6, 6.07) is 10.00. The highest BCUT2D eigenvalue weighted by Crippen LogP contribution is 2.11. The summed E-state index contributed by atoms with van der Waals surface area (Å²) in [6.07, 6.45) is 0.852. The fraction of sp³-hybridized carbons (Fsp3) is 0.533. The number of para-hydroxylation sites is 1. The second-order valence-corrected chi connectivity index (χ2v) is 6.28. The maximum Gasteiger partial charge on any atom is 0.157 e. The van der Waals surface area contributed by atoms with Gasteiger partial charge in [-0.15, -0.1) is 5.10 Å². The van der Waals surface area contributed by atoms with Crippen LogP contribution < -0.4 is 5.32 Å². The molecule has 20 heavy (non-hydrogen) atoms. The van der Waals surface area contributed by atoms with Crippen molar-refractivity contribution < 1.29 is 0 Å². The van der Waals surface area contributed by atoms with E-state index >= 15 is 0 Å². The van der Waals surface area contributed by atoms with Crippen LogP contribution in [0.2, 0.25) is 0 Å². The molecule has 0 amide bonds. The highest BCUT2D eigenvalue weighted by atomic mass is 15.5. The minimum Gasteiger partial charge on any atom is -0.312 e. The van der Waals surface area contributed by atoms with Gasteiger partial charge in [0, 0.05) is 12.0 Å². The van der Waals surface area contributed by atoms with Crippen molar-refractivity contribution in [1.29, 1.82) is 0 Å². The lowest BCUT2D eigenvalue weighted by Crippen LogP contribution is -2.39. The quantitative estimate of drug-likeness (QED) is 0.907. The van der Waals surface area contributed by atoms with Gasteiger partial charge < -0.3 is 5.32 Å². The highest BCUT2D eigenvalue weighted by Gasteiger charge is 2.15. The van der Waals surface area contributed by atoms with Crippen LogP contribution in [-0.4, -0.2) is 32.3 Å². The summed E-state index contributed by atoms with van der Waals surface area (Å²) in [5.74, 6) is 1.38. The Labute approximate surface area is 120 Å². The highest BCUT2D eigenvalue weighted by molar-refractivity contribution is 5.30. The van der Waals surface area contributed by atoms with Crippen molar-refractivity contribution >= 4 is 0 Å². The van der Waals surface area contributed by atoms with Gasteiger partial charge in [-0.2, -0.15) is 4.68 Å². The summed E-state index contributed by atoms with van der Waals surface area (Å²) < 4.78 is 1.81. The third kappa shape index (κ3) is 4.13. The van der Waals surface area contributed by atoms with Gasteiger partial charge in [-0.1, -0.05) is 25.1 Å². The van der Waals surface area contributed by atoms with E-state index in [1.165, 1.54) is 0 Å². The summed E-state index contributed by atoms with van der Waals surface area (Å²) in [6.45, 7) is 9.68. The zero-order chi connectivity index (χ0) is 14.6. The van der Waals surface area contributed by atoms with Crippen molar-refractivity contribution in [3.8, 4) is 5.69 Å². The molecule has 0 aliphatic heterocycles. The van der Waals surface area contributed by atoms with Gasteiger partial charge in [0.05, 0.1) is 5.69 Å². The van der Waals surface area contributed by atoms with E-state index in [0.717, 1.165) is 24.5 Å². The van der Waals surface area contributed by atoms with Crippen molar-refractivity contribution in [3.63, 3.8) is 0 Å². The molecule has 1 aromatic carbocycles. The molecular weight excluding hydrogens is 250 g/mol. The van der Waals surface area contributed by atoms with E-state index in [4.69, 9.17) is 0 Å². The predicted octanol–water partition coefficient (Wildman–Crippen LogP) is 2.23. The first-order chi connectivity index (χ1) is 9.46. The summed E-state index contributed by atoms with van der Waals surface area (Å²) in [4.78, 5) is 0. The van der Waals surface area contributed by atoms with Crippen LogP contribution in [0.1, 0.15) is 33.5 Å². The molecule has 2 rings (SSSR count). The van der Waals surface area contributed by atoms with E-state index in [9.17, 15) is 0 Å². The molecule has 1 aromatic heterocycles. The van der Waals surface area contributed by atoms with Crippen LogP contribution in [0.15, 0.2) is 30.3 Å². The Hall–Kier alpha value is -1.75. The Morgan fingerprint density at radius 1 is 1.20 bits per heavy atom. The molecule has 0 aliphatic rings. The van der Waals surface area contributed by atoms with Crippen LogP contribution in [0, 0.1) is 5.92 Å². The molecule has 0 saturated carbocycles. The fourth-order valence-electron chi connectivity index (χ4n) is 1.97. The Kier molecular flexibility index (Phi) is 4.49. The second kappa shape index (κ2) is 6.13. The van der Waals surface area contributed by atoms with E-state index in [1.807, 2.05) is 35.0 Å². The van der Waals surface area contributed by atoms with E-state index in [-0.39, 0.29) is 5.54 Å². The van der Waals surface area contributed by atoms with Crippen molar-refractivity contribution in [2.75, 3.05) is 6.54 Å². The maximum atomic E-state index is 4.15. The number of nitrogens with one attached hydrogen (secondary N) is 1. The molecule has 0 saturated heterocycles. The van der Waals surface area contributed by atoms with Gasteiger partial charge >= 0.3 is 0 Å². The van der Waals surface area contributed by atoms with Gasteiger partial charge in [0.15, 0.2) is 5.82 Å². The normalized spacial score (nSPS) is 13.4. The van der Waals surface area contributed by atoms with Crippen molar-refractivity contribution in [2.45, 2.75) is 39.7 Å². The molecule has 0 radical (unpaired) electrons. The van der Waals surface area contributed by atoms with E-state index < -0.39 is 0 Å². The second-order valence-electron chi connectivity index (χ2n) is 6.28. The van der Waals surface area contributed by atoms with Crippen molar-refractivity contribution in [3.05, 3.63) is 36.2 Å². The summed E-state index contributed by atoms with van der Waals surface area (Å²) in [5, 5.41) is 15.6. The lowest BCUT2D eigenvalue weighted by atomic mass is 10.0. The standard InChI is InChI=1S/C15H23N5/c1-12(11-16-15(2,3)4)10-14-17-18-19-20(14)13-8-6-5-7-9-13/h5-9,12,16H,10-11H2,1-4H3. The largest absolute Gasteiger partial charge is 0.312 e. The molecule has 0 fully saturated rings. The number of rotatable bonds is 5. The monoisotopic (exact) mass is 273 g/mol. The molecule has 1 unspecified atom stereocenters. The number of hydrogen-bond donors (Lipinski definition) is 1. The minimum atomic E-state index is 0.139. The van der Waals surface area contributed by atoms with Crippen LogP contribution in [0.3, 0.4) is 0 Å². The number of tetrazole rings is 1. The van der Waals surface area contributed by atoms with Crippen LogP contribution in [0.4, 0.5) is 0 Å². The van der Waals surface area contributed by atoms with Crippen LogP contribution in [-0.2, 0) is 6.42 Å². The molecule has 0 spiro atoms. The van der Waals surface area contributed by atoms with E-state index in [0.29, 0.717) is 5.92 Å². The van der Waals surface area contributed by atoms with Gasteiger partial charge in [-0.3, -0.25) is 0 Å². The molecule has 2 aromatic rings. The number of aromatic nitrogens is 4. The van der Waals surface area contributed by atoms with Crippen LogP contribution in [0.5, 0.6) is 0 Å². The van der Waals surface area contributed by atoms with Gasteiger partial charge in [-0.05, 0) is 55.8 Å². The zero-order valence-corrected chi connectivity index (χ0v) is 12.7. The number of nitrogens with zero attached hydrogens (tertiary/aromatic N) is 4. The number of benzene rings is 1. The molecule has 5 heteroatoms. The van der Waals surface area contributed by atoms with Gasteiger partial charge in [-0.25, -0.2) is 0 Å². The van der Waals surface area contributed by atoms with E-state index in [2.05, 4.69) is 48.5 Å². The van der Waals surface area contributed by atoms with Gasteiger partial charge in [0.25, 0.3) is 0 Å². The molecular formula is C15H23N5. The third-order valence-electron chi connectivity index (χ3n) is 3.05. The Morgan fingerprint density at radius 3 is 2.55 bits per heavy atom. The lowest BCUT2D eigenvalue weighted by Gasteiger charge is -2.23. The van der Waals surface area contributed by atoms with Crippen molar-refractivity contribution in [2.24, 2.45) is 5.92 Å². The van der Waals surface area contributed by atoms with Crippen molar-refractivity contribution in [1.82, 2.24) is 25.5 Å². The fourth-order valence-corrected chi connectivity index (χ4v) is 1.97. The first kappa shape index (κ1) is 14.7. The summed E-state index contributed by atoms with van der Waals surface area (Å²) in [5.41, 5.74) is 1.14. The topological polar surface area (TPSA) is 55.6 Å². The Balaban J connectivity index is 2.02. The smallest absolute Gasteiger partial charge is 0.157 e. The van der Waals surface area contributed by atoms with E-state index in [1.54, 1.807) is 0 Å². The van der Waals surface area contributed by atoms with Gasteiger partial charge in [0.2, 0.25) is 0 Å². The zero-order valence-electron chi connectivity index (χ0n) is 12.7. The third-order valence-corrected chi connectivity index (χ3v) is 3.05. The van der Waals surface area contributed by atoms with Crippen LogP contribution >= 0.6 is 0 Å². The average Bonchev–Trinajstić information content (AvgIpc) is 2.85. The predicted molar refractivity (Wildman–Crippen MR) is 79.8 cm³/mol. The summed E-state index contributed by atoms with van der Waals surface area (Å²) >= 11 is 0. The molecule has 1 N–H and O–H groups in total. The molecule has 1 heterocycles. The molecule has 108 valence electrons. The first-order valence-corrected chi connectivity index (χ1v) is 7.03. The Bertz CT molecular complexity index is 527. The lowest BCUT2D eigenvalue weighted by molar-refractivity contribution is 0.378. The van der Waals surface area contributed by atoms with Gasteiger partial charge in [0.1, 0.15) is 0 Å². The SMILES string of the molecule is CC(CNC(C)(C)C)Cc1nnnn1-c1ccccc1. The van der Waals surface area contributed by atoms with Crippen LogP contribution in [0.25, 0.3) is 5.69 Å².